The van der Waals surface area contributed by atoms with Crippen LogP contribution in [0.1, 0.15) is 24.2 Å². The lowest BCUT2D eigenvalue weighted by atomic mass is 10.1. The van der Waals surface area contributed by atoms with Crippen LogP contribution >= 0.6 is 28.3 Å². The third-order valence-corrected chi connectivity index (χ3v) is 4.35. The lowest BCUT2D eigenvalue weighted by Gasteiger charge is -2.12. The molecule has 0 spiro atoms. The number of nitrogens with one attached hydrogen (secondary N) is 3. The zero-order valence-corrected chi connectivity index (χ0v) is 18.1. The number of rotatable bonds is 6. The SMILES string of the molecule is CC(=O)Nc1ccc(Nc2ncc(Br)c(Nc3ccccc3C(C)=O)n2)cc1.Cl. The highest BCUT2D eigenvalue weighted by Crippen LogP contribution is 2.27. The molecule has 3 aromatic rings. The monoisotopic (exact) mass is 475 g/mol. The number of anilines is 5. The van der Waals surface area contributed by atoms with E-state index in [0.29, 0.717) is 33.2 Å². The third kappa shape index (κ3) is 6.00. The van der Waals surface area contributed by atoms with Crippen molar-refractivity contribution in [1.29, 1.82) is 0 Å². The summed E-state index contributed by atoms with van der Waals surface area (Å²) in [7, 11) is 0. The summed E-state index contributed by atoms with van der Waals surface area (Å²) in [4.78, 5) is 31.6. The first kappa shape index (κ1) is 22.3. The van der Waals surface area contributed by atoms with E-state index in [0.717, 1.165) is 5.69 Å². The van der Waals surface area contributed by atoms with Crippen LogP contribution < -0.4 is 16.0 Å². The Labute approximate surface area is 182 Å². The van der Waals surface area contributed by atoms with Crippen molar-refractivity contribution in [3.8, 4) is 0 Å². The van der Waals surface area contributed by atoms with Crippen LogP contribution in [-0.2, 0) is 4.79 Å². The summed E-state index contributed by atoms with van der Waals surface area (Å²) in [5.74, 6) is 0.753. The lowest BCUT2D eigenvalue weighted by Crippen LogP contribution is -2.06. The molecule has 9 heteroatoms. The number of Topliss-reactive ketones (excluding diaryl/α,β-unsaturated/α-hetero) is 1. The van der Waals surface area contributed by atoms with Crippen LogP contribution in [0.25, 0.3) is 0 Å². The van der Waals surface area contributed by atoms with Gasteiger partial charge < -0.3 is 16.0 Å². The first-order chi connectivity index (χ1) is 13.4. The minimum Gasteiger partial charge on any atom is -0.339 e. The molecule has 0 atom stereocenters. The molecule has 2 aromatic carbocycles. The van der Waals surface area contributed by atoms with Crippen LogP contribution in [0.3, 0.4) is 0 Å². The molecule has 0 saturated heterocycles. The van der Waals surface area contributed by atoms with E-state index in [1.165, 1.54) is 13.8 Å². The maximum Gasteiger partial charge on any atom is 0.229 e. The summed E-state index contributed by atoms with van der Waals surface area (Å²) in [6.45, 7) is 2.98. The molecule has 3 rings (SSSR count). The first-order valence-corrected chi connectivity index (χ1v) is 9.26. The molecule has 0 aliphatic rings. The van der Waals surface area contributed by atoms with Crippen LogP contribution in [0.5, 0.6) is 0 Å². The van der Waals surface area contributed by atoms with Crippen molar-refractivity contribution in [2.75, 3.05) is 16.0 Å². The van der Waals surface area contributed by atoms with Crippen LogP contribution in [0, 0.1) is 0 Å². The zero-order valence-electron chi connectivity index (χ0n) is 15.7. The van der Waals surface area contributed by atoms with Gasteiger partial charge in [0, 0.05) is 30.1 Å². The summed E-state index contributed by atoms with van der Waals surface area (Å²) < 4.78 is 0.664. The van der Waals surface area contributed by atoms with Crippen LogP contribution in [0.4, 0.5) is 28.8 Å². The Kier molecular flexibility index (Phi) is 7.69. The number of halogens is 2. The quantitative estimate of drug-likeness (QED) is 0.417. The first-order valence-electron chi connectivity index (χ1n) is 8.46. The van der Waals surface area contributed by atoms with E-state index >= 15 is 0 Å². The Balaban J connectivity index is 0.00000300. The number of aromatic nitrogens is 2. The normalized spacial score (nSPS) is 9.90. The van der Waals surface area contributed by atoms with E-state index in [1.807, 2.05) is 30.3 Å². The van der Waals surface area contributed by atoms with Crippen molar-refractivity contribution in [2.24, 2.45) is 0 Å². The second-order valence-electron chi connectivity index (χ2n) is 6.00. The van der Waals surface area contributed by atoms with Gasteiger partial charge in [-0.3, -0.25) is 9.59 Å². The number of benzene rings is 2. The molecule has 0 fully saturated rings. The predicted molar refractivity (Wildman–Crippen MR) is 121 cm³/mol. The van der Waals surface area contributed by atoms with Gasteiger partial charge in [-0.05, 0) is 59.3 Å². The molecule has 1 heterocycles. The fourth-order valence-electron chi connectivity index (χ4n) is 2.51. The number of nitrogens with zero attached hydrogens (tertiary/aromatic N) is 2. The van der Waals surface area contributed by atoms with Gasteiger partial charge in [-0.2, -0.15) is 4.98 Å². The number of hydrogen-bond donors (Lipinski definition) is 3. The topological polar surface area (TPSA) is 96.0 Å². The van der Waals surface area contributed by atoms with Crippen molar-refractivity contribution in [2.45, 2.75) is 13.8 Å². The van der Waals surface area contributed by atoms with Crippen molar-refractivity contribution < 1.29 is 9.59 Å². The van der Waals surface area contributed by atoms with Gasteiger partial charge in [0.25, 0.3) is 0 Å². The molecule has 1 amide bonds. The van der Waals surface area contributed by atoms with Crippen molar-refractivity contribution >= 4 is 68.9 Å². The summed E-state index contributed by atoms with van der Waals surface area (Å²) in [6, 6.07) is 14.4. The average Bonchev–Trinajstić information content (AvgIpc) is 2.66. The zero-order chi connectivity index (χ0) is 20.1. The van der Waals surface area contributed by atoms with Crippen molar-refractivity contribution in [3.05, 3.63) is 64.8 Å². The standard InChI is InChI=1S/C20H18BrN5O2.ClH/c1-12(27)16-5-3-4-6-18(16)25-19-17(21)11-22-20(26-19)24-15-9-7-14(8-10-15)23-13(2)28;/h3-11H,1-2H3,(H,23,28)(H2,22,24,25,26);1H. The predicted octanol–water partition coefficient (Wildman–Crippen LogP) is 5.31. The van der Waals surface area contributed by atoms with E-state index < -0.39 is 0 Å². The molecular formula is C20H19BrClN5O2. The van der Waals surface area contributed by atoms with E-state index in [-0.39, 0.29) is 24.1 Å². The Morgan fingerprint density at radius 2 is 1.59 bits per heavy atom. The minimum absolute atomic E-state index is 0. The number of amides is 1. The Morgan fingerprint density at radius 1 is 0.931 bits per heavy atom. The molecule has 0 radical (unpaired) electrons. The van der Waals surface area contributed by atoms with Gasteiger partial charge in [-0.25, -0.2) is 4.98 Å². The number of hydrogen-bond acceptors (Lipinski definition) is 6. The Morgan fingerprint density at radius 3 is 2.24 bits per heavy atom. The maximum absolute atomic E-state index is 11.8. The number of ketones is 1. The van der Waals surface area contributed by atoms with Crippen LogP contribution in [0.15, 0.2) is 59.2 Å². The van der Waals surface area contributed by atoms with Crippen LogP contribution in [-0.4, -0.2) is 21.7 Å². The molecule has 3 N–H and O–H groups in total. The fourth-order valence-corrected chi connectivity index (χ4v) is 2.80. The van der Waals surface area contributed by atoms with Crippen molar-refractivity contribution in [3.63, 3.8) is 0 Å². The molecule has 0 unspecified atom stereocenters. The largest absolute Gasteiger partial charge is 0.339 e. The van der Waals surface area contributed by atoms with E-state index in [4.69, 9.17) is 0 Å². The minimum atomic E-state index is -0.126. The van der Waals surface area contributed by atoms with Crippen LogP contribution in [0.2, 0.25) is 0 Å². The highest BCUT2D eigenvalue weighted by molar-refractivity contribution is 9.10. The van der Waals surface area contributed by atoms with E-state index in [1.54, 1.807) is 24.4 Å². The molecule has 0 saturated carbocycles. The number of para-hydroxylation sites is 1. The smallest absolute Gasteiger partial charge is 0.229 e. The van der Waals surface area contributed by atoms with Gasteiger partial charge >= 0.3 is 0 Å². The molecule has 150 valence electrons. The third-order valence-electron chi connectivity index (χ3n) is 3.76. The van der Waals surface area contributed by atoms with E-state index in [2.05, 4.69) is 41.8 Å². The summed E-state index contributed by atoms with van der Waals surface area (Å²) in [5, 5.41) is 9.00. The summed E-state index contributed by atoms with van der Waals surface area (Å²) in [5.41, 5.74) is 2.72. The van der Waals surface area contributed by atoms with Crippen molar-refractivity contribution in [1.82, 2.24) is 9.97 Å². The summed E-state index contributed by atoms with van der Waals surface area (Å²) >= 11 is 3.43. The van der Waals surface area contributed by atoms with Gasteiger partial charge in [-0.1, -0.05) is 12.1 Å². The van der Waals surface area contributed by atoms with Gasteiger partial charge in [0.05, 0.1) is 10.2 Å². The number of carbonyl (C=O) groups excluding carboxylic acids is 2. The molecular weight excluding hydrogens is 458 g/mol. The highest BCUT2D eigenvalue weighted by atomic mass is 79.9. The Hall–Kier alpha value is -2.97. The van der Waals surface area contributed by atoms with Gasteiger partial charge in [0.15, 0.2) is 5.78 Å². The maximum atomic E-state index is 11.8. The van der Waals surface area contributed by atoms with Gasteiger partial charge in [-0.15, -0.1) is 12.4 Å². The summed E-state index contributed by atoms with van der Waals surface area (Å²) in [6.07, 6.45) is 1.62. The molecule has 7 nitrogen and oxygen atoms in total. The van der Waals surface area contributed by atoms with Gasteiger partial charge in [0.2, 0.25) is 11.9 Å². The highest BCUT2D eigenvalue weighted by Gasteiger charge is 2.11. The Bertz CT molecular complexity index is 1030. The second kappa shape index (κ2) is 9.99. The molecule has 0 aliphatic carbocycles. The fraction of sp³-hybridized carbons (Fsp3) is 0.100. The van der Waals surface area contributed by atoms with Gasteiger partial charge in [0.1, 0.15) is 5.82 Å². The lowest BCUT2D eigenvalue weighted by molar-refractivity contribution is -0.114. The molecule has 0 aliphatic heterocycles. The van der Waals surface area contributed by atoms with E-state index in [9.17, 15) is 9.59 Å². The number of carbonyl (C=O) groups is 2. The molecule has 0 bridgehead atoms. The second-order valence-corrected chi connectivity index (χ2v) is 6.85. The molecule has 1 aromatic heterocycles. The average molecular weight is 477 g/mol. The molecule has 29 heavy (non-hydrogen) atoms.